The molecule has 0 radical (unpaired) electrons. The molecule has 0 saturated carbocycles. The van der Waals surface area contributed by atoms with Crippen molar-refractivity contribution in [1.82, 2.24) is 4.90 Å². The first-order valence-electron chi connectivity index (χ1n) is 5.65. The van der Waals surface area contributed by atoms with Gasteiger partial charge < -0.3 is 10.5 Å². The minimum Gasteiger partial charge on any atom is -0.385 e. The number of ether oxygens (including phenoxy) is 1. The van der Waals surface area contributed by atoms with Crippen molar-refractivity contribution >= 4 is 27.3 Å². The van der Waals surface area contributed by atoms with Crippen LogP contribution in [0.4, 0.5) is 0 Å². The number of rotatable bonds is 7. The molecule has 0 bridgehead atoms. The predicted octanol–water partition coefficient (Wildman–Crippen LogP) is 2.70. The van der Waals surface area contributed by atoms with Crippen LogP contribution in [-0.4, -0.2) is 37.7 Å². The van der Waals surface area contributed by atoms with Crippen LogP contribution in [0.1, 0.15) is 18.2 Å². The number of hydrogen-bond donors (Lipinski definition) is 1. The van der Waals surface area contributed by atoms with Gasteiger partial charge in [-0.15, -0.1) is 11.3 Å². The van der Waals surface area contributed by atoms with Gasteiger partial charge in [-0.2, -0.15) is 0 Å². The van der Waals surface area contributed by atoms with Gasteiger partial charge in [-0.25, -0.2) is 0 Å². The standard InChI is InChI=1S/C12H21BrN2OS/c1-12(9-14,4-5-16-3)15(2)7-11-6-10(13)8-17-11/h6,8H,4-5,7,9,14H2,1-3H3. The van der Waals surface area contributed by atoms with E-state index in [0.717, 1.165) is 24.0 Å². The lowest BCUT2D eigenvalue weighted by Gasteiger charge is -2.37. The van der Waals surface area contributed by atoms with E-state index in [2.05, 4.69) is 46.2 Å². The Bertz CT molecular complexity index is 345. The van der Waals surface area contributed by atoms with E-state index >= 15 is 0 Å². The topological polar surface area (TPSA) is 38.5 Å². The molecule has 0 saturated heterocycles. The molecule has 1 aromatic rings. The van der Waals surface area contributed by atoms with Gasteiger partial charge in [0, 0.05) is 47.1 Å². The Balaban J connectivity index is 2.62. The second-order valence-corrected chi connectivity index (χ2v) is 6.44. The maximum atomic E-state index is 5.90. The van der Waals surface area contributed by atoms with Crippen molar-refractivity contribution in [3.8, 4) is 0 Å². The van der Waals surface area contributed by atoms with Gasteiger partial charge in [0.25, 0.3) is 0 Å². The van der Waals surface area contributed by atoms with Crippen LogP contribution in [0.2, 0.25) is 0 Å². The smallest absolute Gasteiger partial charge is 0.0480 e. The van der Waals surface area contributed by atoms with Gasteiger partial charge in [0.2, 0.25) is 0 Å². The fraction of sp³-hybridized carbons (Fsp3) is 0.667. The summed E-state index contributed by atoms with van der Waals surface area (Å²) in [6.07, 6.45) is 0.947. The monoisotopic (exact) mass is 320 g/mol. The van der Waals surface area contributed by atoms with Crippen LogP contribution >= 0.6 is 27.3 Å². The number of nitrogens with zero attached hydrogens (tertiary/aromatic N) is 1. The molecule has 98 valence electrons. The van der Waals surface area contributed by atoms with Crippen LogP contribution < -0.4 is 5.73 Å². The lowest BCUT2D eigenvalue weighted by atomic mass is 9.96. The summed E-state index contributed by atoms with van der Waals surface area (Å²) in [6.45, 7) is 4.49. The fourth-order valence-corrected chi connectivity index (χ4v) is 3.14. The Kier molecular flexibility index (Phi) is 6.09. The molecule has 2 N–H and O–H groups in total. The Hall–Kier alpha value is 0.0600. The first-order chi connectivity index (χ1) is 8.01. The molecule has 0 aliphatic carbocycles. The van der Waals surface area contributed by atoms with Crippen molar-refractivity contribution in [3.05, 3.63) is 20.8 Å². The third kappa shape index (κ3) is 4.34. The van der Waals surface area contributed by atoms with E-state index in [1.54, 1.807) is 18.4 Å². The average molecular weight is 321 g/mol. The zero-order valence-electron chi connectivity index (χ0n) is 10.7. The summed E-state index contributed by atoms with van der Waals surface area (Å²) in [5.41, 5.74) is 5.90. The fourth-order valence-electron chi connectivity index (χ4n) is 1.63. The van der Waals surface area contributed by atoms with Gasteiger partial charge in [-0.3, -0.25) is 4.90 Å². The minimum absolute atomic E-state index is 0.00746. The molecular weight excluding hydrogens is 300 g/mol. The van der Waals surface area contributed by atoms with Crippen molar-refractivity contribution in [2.45, 2.75) is 25.4 Å². The molecule has 0 aliphatic rings. The van der Waals surface area contributed by atoms with Gasteiger partial charge in [0.05, 0.1) is 0 Å². The Morgan fingerprint density at radius 1 is 1.59 bits per heavy atom. The maximum absolute atomic E-state index is 5.90. The lowest BCUT2D eigenvalue weighted by molar-refractivity contribution is 0.0846. The van der Waals surface area contributed by atoms with Gasteiger partial charge >= 0.3 is 0 Å². The van der Waals surface area contributed by atoms with Crippen molar-refractivity contribution in [2.75, 3.05) is 27.3 Å². The summed E-state index contributed by atoms with van der Waals surface area (Å²) in [4.78, 5) is 3.65. The third-order valence-corrected chi connectivity index (χ3v) is 4.90. The molecule has 1 unspecified atom stereocenters. The van der Waals surface area contributed by atoms with E-state index in [1.807, 2.05) is 0 Å². The average Bonchev–Trinajstić information content (AvgIpc) is 2.71. The highest BCUT2D eigenvalue weighted by molar-refractivity contribution is 9.10. The maximum Gasteiger partial charge on any atom is 0.0480 e. The van der Waals surface area contributed by atoms with Gasteiger partial charge in [-0.1, -0.05) is 0 Å². The second kappa shape index (κ2) is 6.85. The van der Waals surface area contributed by atoms with E-state index in [-0.39, 0.29) is 5.54 Å². The second-order valence-electron chi connectivity index (χ2n) is 4.53. The predicted molar refractivity (Wildman–Crippen MR) is 77.4 cm³/mol. The Morgan fingerprint density at radius 3 is 2.76 bits per heavy atom. The highest BCUT2D eigenvalue weighted by Gasteiger charge is 2.27. The van der Waals surface area contributed by atoms with Gasteiger partial charge in [-0.05, 0) is 42.4 Å². The van der Waals surface area contributed by atoms with Crippen molar-refractivity contribution in [3.63, 3.8) is 0 Å². The van der Waals surface area contributed by atoms with E-state index < -0.39 is 0 Å². The first-order valence-corrected chi connectivity index (χ1v) is 7.32. The van der Waals surface area contributed by atoms with Gasteiger partial charge in [0.1, 0.15) is 0 Å². The van der Waals surface area contributed by atoms with Crippen LogP contribution in [0.25, 0.3) is 0 Å². The largest absolute Gasteiger partial charge is 0.385 e. The number of halogens is 1. The van der Waals surface area contributed by atoms with Crippen molar-refractivity contribution in [1.29, 1.82) is 0 Å². The minimum atomic E-state index is -0.00746. The van der Waals surface area contributed by atoms with Crippen LogP contribution in [-0.2, 0) is 11.3 Å². The summed E-state index contributed by atoms with van der Waals surface area (Å²) < 4.78 is 6.31. The van der Waals surface area contributed by atoms with Crippen molar-refractivity contribution < 1.29 is 4.74 Å². The van der Waals surface area contributed by atoms with E-state index in [1.165, 1.54) is 4.88 Å². The molecular formula is C12H21BrN2OS. The van der Waals surface area contributed by atoms with Crippen LogP contribution in [0.15, 0.2) is 15.9 Å². The molecule has 3 nitrogen and oxygen atoms in total. The third-order valence-electron chi connectivity index (χ3n) is 3.22. The summed E-state index contributed by atoms with van der Waals surface area (Å²) in [5.74, 6) is 0. The highest BCUT2D eigenvalue weighted by Crippen LogP contribution is 2.24. The normalized spacial score (nSPS) is 15.2. The van der Waals surface area contributed by atoms with Crippen molar-refractivity contribution in [2.24, 2.45) is 5.73 Å². The Morgan fingerprint density at radius 2 is 2.29 bits per heavy atom. The summed E-state index contributed by atoms with van der Waals surface area (Å²) in [6, 6.07) is 2.16. The molecule has 5 heteroatoms. The number of hydrogen-bond acceptors (Lipinski definition) is 4. The molecule has 1 rings (SSSR count). The van der Waals surface area contributed by atoms with Gasteiger partial charge in [0.15, 0.2) is 0 Å². The molecule has 1 atom stereocenters. The quantitative estimate of drug-likeness (QED) is 0.839. The first kappa shape index (κ1) is 15.1. The molecule has 1 heterocycles. The van der Waals surface area contributed by atoms with Crippen LogP contribution in [0.5, 0.6) is 0 Å². The number of thiophene rings is 1. The molecule has 0 spiro atoms. The molecule has 0 aliphatic heterocycles. The summed E-state index contributed by atoms with van der Waals surface area (Å²) in [5, 5.41) is 2.11. The van der Waals surface area contributed by atoms with E-state index in [4.69, 9.17) is 10.5 Å². The zero-order valence-corrected chi connectivity index (χ0v) is 13.1. The molecule has 17 heavy (non-hydrogen) atoms. The number of nitrogens with two attached hydrogens (primary N) is 1. The molecule has 1 aromatic heterocycles. The number of methoxy groups -OCH3 is 1. The molecule has 0 fully saturated rings. The Labute approximate surface area is 116 Å². The summed E-state index contributed by atoms with van der Waals surface area (Å²) >= 11 is 5.25. The number of likely N-dealkylation sites (N-methyl/N-ethyl adjacent to an activating group) is 1. The van der Waals surface area contributed by atoms with E-state index in [9.17, 15) is 0 Å². The van der Waals surface area contributed by atoms with Crippen LogP contribution in [0, 0.1) is 0 Å². The molecule has 0 amide bonds. The summed E-state index contributed by atoms with van der Waals surface area (Å²) in [7, 11) is 3.85. The highest BCUT2D eigenvalue weighted by atomic mass is 79.9. The molecule has 0 aromatic carbocycles. The van der Waals surface area contributed by atoms with Crippen LogP contribution in [0.3, 0.4) is 0 Å². The zero-order chi connectivity index (χ0) is 12.9. The van der Waals surface area contributed by atoms with E-state index in [0.29, 0.717) is 6.54 Å². The lowest BCUT2D eigenvalue weighted by Crippen LogP contribution is -2.49. The SMILES string of the molecule is COCCC(C)(CN)N(C)Cc1cc(Br)cs1.